The SMILES string of the molecule is CCC1(C)CNC(C)(CC)CC(C)(CC)C(C(C)=O)CC(C)(CC)C1. The van der Waals surface area contributed by atoms with E-state index in [0.29, 0.717) is 11.2 Å². The fourth-order valence-electron chi connectivity index (χ4n) is 5.18. The van der Waals surface area contributed by atoms with Crippen LogP contribution >= 0.6 is 0 Å². The van der Waals surface area contributed by atoms with Crippen LogP contribution < -0.4 is 5.32 Å². The second-order valence-electron chi connectivity index (χ2n) is 10.3. The van der Waals surface area contributed by atoms with Gasteiger partial charge < -0.3 is 5.32 Å². The molecule has 2 heteroatoms. The number of carbonyl (C=O) groups is 1. The van der Waals surface area contributed by atoms with Gasteiger partial charge in [-0.3, -0.25) is 4.79 Å². The average molecular weight is 352 g/mol. The molecule has 0 saturated carbocycles. The van der Waals surface area contributed by atoms with Crippen molar-refractivity contribution < 1.29 is 4.79 Å². The Bertz CT molecular complexity index is 461. The van der Waals surface area contributed by atoms with E-state index in [1.807, 2.05) is 6.92 Å². The molecule has 5 unspecified atom stereocenters. The Kier molecular flexibility index (Phi) is 7.35. The minimum Gasteiger partial charge on any atom is -0.311 e. The molecule has 5 atom stereocenters. The fraction of sp³-hybridized carbons (Fsp3) is 0.957. The quantitative estimate of drug-likeness (QED) is 0.622. The van der Waals surface area contributed by atoms with Crippen LogP contribution in [-0.4, -0.2) is 17.9 Å². The predicted octanol–water partition coefficient (Wildman–Crippen LogP) is 6.38. The van der Waals surface area contributed by atoms with Crippen LogP contribution in [0.15, 0.2) is 0 Å². The summed E-state index contributed by atoms with van der Waals surface area (Å²) in [5, 5.41) is 3.96. The van der Waals surface area contributed by atoms with Crippen molar-refractivity contribution in [3.05, 3.63) is 0 Å². The lowest BCUT2D eigenvalue weighted by Gasteiger charge is -2.50. The van der Waals surface area contributed by atoms with E-state index in [-0.39, 0.29) is 22.3 Å². The molecule has 148 valence electrons. The van der Waals surface area contributed by atoms with Crippen LogP contribution in [0, 0.1) is 22.2 Å². The molecular formula is C23H45NO. The van der Waals surface area contributed by atoms with Gasteiger partial charge in [0.05, 0.1) is 0 Å². The minimum atomic E-state index is 0.0694. The standard InChI is InChI=1S/C23H45NO/c1-10-20(6)14-19(18(5)25)22(8,12-3)16-23(9,13-4)24-17-21(7,11-2)15-20/h19,24H,10-17H2,1-9H3. The third-order valence-corrected chi connectivity index (χ3v) is 7.91. The number of hydrogen-bond acceptors (Lipinski definition) is 2. The van der Waals surface area contributed by atoms with Gasteiger partial charge in [0.25, 0.3) is 0 Å². The predicted molar refractivity (Wildman–Crippen MR) is 110 cm³/mol. The summed E-state index contributed by atoms with van der Waals surface area (Å²) in [5.41, 5.74) is 0.705. The number of rotatable bonds is 5. The average Bonchev–Trinajstić information content (AvgIpc) is 2.57. The lowest BCUT2D eigenvalue weighted by atomic mass is 9.58. The zero-order valence-electron chi connectivity index (χ0n) is 18.6. The summed E-state index contributed by atoms with van der Waals surface area (Å²) in [6, 6.07) is 0. The Labute approximate surface area is 157 Å². The van der Waals surface area contributed by atoms with Gasteiger partial charge in [0, 0.05) is 18.0 Å². The van der Waals surface area contributed by atoms with E-state index in [2.05, 4.69) is 60.7 Å². The van der Waals surface area contributed by atoms with E-state index in [9.17, 15) is 4.79 Å². The first-order chi connectivity index (χ1) is 11.4. The monoisotopic (exact) mass is 351 g/mol. The van der Waals surface area contributed by atoms with Crippen LogP contribution in [0.4, 0.5) is 0 Å². The molecule has 1 saturated heterocycles. The first-order valence-electron chi connectivity index (χ1n) is 10.7. The van der Waals surface area contributed by atoms with Crippen molar-refractivity contribution in [2.24, 2.45) is 22.2 Å². The van der Waals surface area contributed by atoms with Crippen LogP contribution in [0.25, 0.3) is 0 Å². The zero-order valence-corrected chi connectivity index (χ0v) is 18.6. The minimum absolute atomic E-state index is 0.0694. The molecular weight excluding hydrogens is 306 g/mol. The Morgan fingerprint density at radius 2 is 1.44 bits per heavy atom. The van der Waals surface area contributed by atoms with Gasteiger partial charge in [0.2, 0.25) is 0 Å². The van der Waals surface area contributed by atoms with Crippen molar-refractivity contribution in [2.75, 3.05) is 6.54 Å². The Morgan fingerprint density at radius 1 is 0.880 bits per heavy atom. The van der Waals surface area contributed by atoms with Crippen molar-refractivity contribution in [3.63, 3.8) is 0 Å². The highest BCUT2D eigenvalue weighted by Gasteiger charge is 2.46. The van der Waals surface area contributed by atoms with Gasteiger partial charge in [0.1, 0.15) is 5.78 Å². The molecule has 0 aromatic heterocycles. The number of hydrogen-bond donors (Lipinski definition) is 1. The van der Waals surface area contributed by atoms with Gasteiger partial charge in [-0.2, -0.15) is 0 Å². The highest BCUT2D eigenvalue weighted by atomic mass is 16.1. The first-order valence-corrected chi connectivity index (χ1v) is 10.7. The van der Waals surface area contributed by atoms with Crippen LogP contribution in [0.5, 0.6) is 0 Å². The highest BCUT2D eigenvalue weighted by Crippen LogP contribution is 2.51. The smallest absolute Gasteiger partial charge is 0.133 e. The summed E-state index contributed by atoms with van der Waals surface area (Å²) in [5.74, 6) is 0.551. The largest absolute Gasteiger partial charge is 0.311 e. The Balaban J connectivity index is 3.41. The van der Waals surface area contributed by atoms with E-state index in [1.165, 1.54) is 12.8 Å². The van der Waals surface area contributed by atoms with Crippen LogP contribution in [-0.2, 0) is 4.79 Å². The summed E-state index contributed by atoms with van der Waals surface area (Å²) < 4.78 is 0. The summed E-state index contributed by atoms with van der Waals surface area (Å²) >= 11 is 0. The van der Waals surface area contributed by atoms with Gasteiger partial charge in [-0.1, -0.05) is 54.9 Å². The van der Waals surface area contributed by atoms with E-state index in [0.717, 1.165) is 38.6 Å². The highest BCUT2D eigenvalue weighted by molar-refractivity contribution is 5.79. The zero-order chi connectivity index (χ0) is 19.5. The molecule has 0 amide bonds. The number of ketones is 1. The maximum absolute atomic E-state index is 12.8. The summed E-state index contributed by atoms with van der Waals surface area (Å²) in [7, 11) is 0. The molecule has 0 spiro atoms. The molecule has 1 N–H and O–H groups in total. The normalized spacial score (nSPS) is 43.6. The van der Waals surface area contributed by atoms with Gasteiger partial charge in [-0.05, 0) is 68.6 Å². The van der Waals surface area contributed by atoms with Crippen molar-refractivity contribution >= 4 is 5.78 Å². The van der Waals surface area contributed by atoms with Gasteiger partial charge in [0.15, 0.2) is 0 Å². The van der Waals surface area contributed by atoms with Crippen LogP contribution in [0.2, 0.25) is 0 Å². The van der Waals surface area contributed by atoms with E-state index >= 15 is 0 Å². The number of nitrogens with one attached hydrogen (secondary N) is 1. The molecule has 0 aromatic carbocycles. The third-order valence-electron chi connectivity index (χ3n) is 7.91. The molecule has 1 rings (SSSR count). The number of Topliss-reactive ketones (excluding diaryl/α,β-unsaturated/α-hetero) is 1. The molecule has 2 nitrogen and oxygen atoms in total. The molecule has 0 radical (unpaired) electrons. The molecule has 1 aliphatic rings. The van der Waals surface area contributed by atoms with Gasteiger partial charge in [-0.15, -0.1) is 0 Å². The van der Waals surface area contributed by atoms with E-state index in [4.69, 9.17) is 0 Å². The third kappa shape index (κ3) is 5.31. The second-order valence-corrected chi connectivity index (χ2v) is 10.3. The van der Waals surface area contributed by atoms with E-state index in [1.54, 1.807) is 0 Å². The molecule has 0 aromatic rings. The Morgan fingerprint density at radius 3 is 1.84 bits per heavy atom. The van der Waals surface area contributed by atoms with E-state index < -0.39 is 0 Å². The summed E-state index contributed by atoms with van der Waals surface area (Å²) in [6.07, 6.45) is 7.83. The van der Waals surface area contributed by atoms with Crippen molar-refractivity contribution in [1.82, 2.24) is 5.32 Å². The van der Waals surface area contributed by atoms with Crippen LogP contribution in [0.1, 0.15) is 107 Å². The summed E-state index contributed by atoms with van der Waals surface area (Å²) in [6.45, 7) is 21.7. The van der Waals surface area contributed by atoms with Gasteiger partial charge in [-0.25, -0.2) is 0 Å². The molecule has 1 aliphatic heterocycles. The Hall–Kier alpha value is -0.370. The van der Waals surface area contributed by atoms with Crippen molar-refractivity contribution in [3.8, 4) is 0 Å². The lowest BCUT2D eigenvalue weighted by molar-refractivity contribution is -0.128. The molecule has 1 fully saturated rings. The van der Waals surface area contributed by atoms with Crippen molar-refractivity contribution in [2.45, 2.75) is 113 Å². The van der Waals surface area contributed by atoms with Crippen LogP contribution in [0.3, 0.4) is 0 Å². The molecule has 1 heterocycles. The maximum atomic E-state index is 12.8. The molecule has 0 aliphatic carbocycles. The molecule has 0 bridgehead atoms. The van der Waals surface area contributed by atoms with Gasteiger partial charge >= 0.3 is 0 Å². The second kappa shape index (κ2) is 8.11. The summed E-state index contributed by atoms with van der Waals surface area (Å²) in [4.78, 5) is 12.8. The lowest BCUT2D eigenvalue weighted by Crippen LogP contribution is -2.53. The molecule has 25 heavy (non-hydrogen) atoms. The fourth-order valence-corrected chi connectivity index (χ4v) is 5.18. The topological polar surface area (TPSA) is 29.1 Å². The number of carbonyl (C=O) groups excluding carboxylic acids is 1. The van der Waals surface area contributed by atoms with Crippen molar-refractivity contribution in [1.29, 1.82) is 0 Å². The first kappa shape index (κ1) is 22.7. The maximum Gasteiger partial charge on any atom is 0.133 e.